The van der Waals surface area contributed by atoms with E-state index in [0.29, 0.717) is 31.0 Å². The molecule has 0 aromatic heterocycles. The lowest BCUT2D eigenvalue weighted by atomic mass is 10.2. The summed E-state index contributed by atoms with van der Waals surface area (Å²) in [6.07, 6.45) is 1.39. The maximum atomic E-state index is 12.7. The Morgan fingerprint density at radius 1 is 1.13 bits per heavy atom. The fraction of sp³-hybridized carbons (Fsp3) is 0.500. The fourth-order valence-electron chi connectivity index (χ4n) is 2.61. The van der Waals surface area contributed by atoms with Gasteiger partial charge in [-0.2, -0.15) is 4.31 Å². The summed E-state index contributed by atoms with van der Waals surface area (Å²) in [4.78, 5) is 13.8. The molecule has 1 heterocycles. The summed E-state index contributed by atoms with van der Waals surface area (Å²) in [5.74, 6) is -0.0877. The second-order valence-corrected chi connectivity index (χ2v) is 8.68. The zero-order chi connectivity index (χ0) is 16.8. The van der Waals surface area contributed by atoms with Crippen LogP contribution in [0.4, 0.5) is 0 Å². The Morgan fingerprint density at radius 3 is 2.30 bits per heavy atom. The van der Waals surface area contributed by atoms with Crippen molar-refractivity contribution in [1.82, 2.24) is 9.21 Å². The third kappa shape index (κ3) is 3.21. The Balaban J connectivity index is 1.74. The molecule has 1 aliphatic heterocycles. The summed E-state index contributed by atoms with van der Waals surface area (Å²) in [6.45, 7) is 1.09. The van der Waals surface area contributed by atoms with Crippen LogP contribution in [0.5, 0.6) is 0 Å². The maximum absolute atomic E-state index is 12.7. The van der Waals surface area contributed by atoms with E-state index in [9.17, 15) is 13.2 Å². The lowest BCUT2D eigenvalue weighted by Gasteiger charge is -2.35. The number of hydrogen-bond acceptors (Lipinski definition) is 4. The predicted molar refractivity (Wildman–Crippen MR) is 88.0 cm³/mol. The molecule has 126 valence electrons. The van der Waals surface area contributed by atoms with Crippen molar-refractivity contribution in [2.24, 2.45) is 5.73 Å². The van der Waals surface area contributed by atoms with E-state index in [4.69, 9.17) is 28.9 Å². The maximum Gasteiger partial charge on any atom is 0.244 e. The van der Waals surface area contributed by atoms with Crippen LogP contribution in [0.25, 0.3) is 0 Å². The van der Waals surface area contributed by atoms with Gasteiger partial charge in [-0.05, 0) is 31.0 Å². The Labute approximate surface area is 145 Å². The topological polar surface area (TPSA) is 83.7 Å². The molecule has 0 atom stereocenters. The first-order valence-corrected chi connectivity index (χ1v) is 9.47. The number of rotatable bonds is 3. The molecule has 6 nitrogen and oxygen atoms in total. The minimum absolute atomic E-state index is 0.0102. The molecule has 0 bridgehead atoms. The number of carbonyl (C=O) groups is 1. The van der Waals surface area contributed by atoms with Crippen molar-refractivity contribution in [3.8, 4) is 0 Å². The molecule has 9 heteroatoms. The minimum Gasteiger partial charge on any atom is -0.338 e. The number of benzene rings is 1. The number of sulfonamides is 1. The third-order valence-electron chi connectivity index (χ3n) is 4.25. The van der Waals surface area contributed by atoms with Gasteiger partial charge in [-0.25, -0.2) is 8.42 Å². The Bertz CT molecular complexity index is 742. The van der Waals surface area contributed by atoms with Gasteiger partial charge in [0.15, 0.2) is 0 Å². The minimum atomic E-state index is -3.74. The molecule has 1 saturated heterocycles. The first-order valence-electron chi connectivity index (χ1n) is 7.27. The molecule has 0 unspecified atom stereocenters. The van der Waals surface area contributed by atoms with E-state index < -0.39 is 15.6 Å². The number of nitrogens with zero attached hydrogens (tertiary/aromatic N) is 2. The molecule has 1 aliphatic carbocycles. The number of carbonyl (C=O) groups excluding carboxylic acids is 1. The van der Waals surface area contributed by atoms with Crippen LogP contribution in [0.2, 0.25) is 10.0 Å². The van der Waals surface area contributed by atoms with Crippen molar-refractivity contribution in [3.63, 3.8) is 0 Å². The van der Waals surface area contributed by atoms with Crippen LogP contribution in [-0.2, 0) is 14.8 Å². The normalized spacial score (nSPS) is 21.3. The third-order valence-corrected chi connectivity index (χ3v) is 6.87. The van der Waals surface area contributed by atoms with Gasteiger partial charge in [-0.15, -0.1) is 0 Å². The summed E-state index contributed by atoms with van der Waals surface area (Å²) in [5, 5.41) is 0.437. The molecule has 2 fully saturated rings. The van der Waals surface area contributed by atoms with Gasteiger partial charge in [0.1, 0.15) is 4.90 Å². The molecule has 23 heavy (non-hydrogen) atoms. The lowest BCUT2D eigenvalue weighted by Crippen LogP contribution is -2.55. The first-order chi connectivity index (χ1) is 10.7. The van der Waals surface area contributed by atoms with Gasteiger partial charge >= 0.3 is 0 Å². The molecular formula is C14H17Cl2N3O3S. The largest absolute Gasteiger partial charge is 0.338 e. The number of amides is 1. The van der Waals surface area contributed by atoms with Gasteiger partial charge in [-0.1, -0.05) is 23.2 Å². The van der Waals surface area contributed by atoms with Crippen molar-refractivity contribution in [1.29, 1.82) is 0 Å². The second-order valence-electron chi connectivity index (χ2n) is 5.93. The lowest BCUT2D eigenvalue weighted by molar-refractivity contribution is -0.134. The van der Waals surface area contributed by atoms with Gasteiger partial charge in [-0.3, -0.25) is 4.79 Å². The number of piperazine rings is 1. The molecule has 1 amide bonds. The van der Waals surface area contributed by atoms with E-state index in [0.717, 1.165) is 0 Å². The van der Waals surface area contributed by atoms with Crippen LogP contribution in [0.15, 0.2) is 23.1 Å². The zero-order valence-corrected chi connectivity index (χ0v) is 14.7. The average molecular weight is 378 g/mol. The second kappa shape index (κ2) is 5.89. The molecule has 2 N–H and O–H groups in total. The van der Waals surface area contributed by atoms with Gasteiger partial charge < -0.3 is 10.6 Å². The smallest absolute Gasteiger partial charge is 0.244 e. The van der Waals surface area contributed by atoms with E-state index in [-0.39, 0.29) is 28.9 Å². The summed E-state index contributed by atoms with van der Waals surface area (Å²) in [6, 6.07) is 4.34. The van der Waals surface area contributed by atoms with Gasteiger partial charge in [0.05, 0.1) is 10.6 Å². The van der Waals surface area contributed by atoms with Crippen molar-refractivity contribution >= 4 is 39.1 Å². The van der Waals surface area contributed by atoms with Crippen LogP contribution < -0.4 is 5.73 Å². The van der Waals surface area contributed by atoms with Crippen LogP contribution in [0.3, 0.4) is 0 Å². The van der Waals surface area contributed by atoms with E-state index in [2.05, 4.69) is 0 Å². The highest BCUT2D eigenvalue weighted by Crippen LogP contribution is 2.35. The highest BCUT2D eigenvalue weighted by Gasteiger charge is 2.48. The van der Waals surface area contributed by atoms with Crippen molar-refractivity contribution in [2.75, 3.05) is 26.2 Å². The highest BCUT2D eigenvalue weighted by molar-refractivity contribution is 7.89. The monoisotopic (exact) mass is 377 g/mol. The highest BCUT2D eigenvalue weighted by atomic mass is 35.5. The summed E-state index contributed by atoms with van der Waals surface area (Å²) < 4.78 is 26.7. The summed E-state index contributed by atoms with van der Waals surface area (Å²) >= 11 is 11.9. The van der Waals surface area contributed by atoms with Gasteiger partial charge in [0, 0.05) is 31.2 Å². The van der Waals surface area contributed by atoms with Crippen LogP contribution in [0, 0.1) is 0 Å². The standard InChI is InChI=1S/C14H17Cl2N3O3S/c15-10-1-2-11(16)12(9-10)23(21,22)19-7-5-18(6-8-19)13(20)14(17)3-4-14/h1-2,9H,3-8,17H2. The van der Waals surface area contributed by atoms with Gasteiger partial charge in [0.2, 0.25) is 15.9 Å². The number of halogens is 2. The quantitative estimate of drug-likeness (QED) is 0.860. The van der Waals surface area contributed by atoms with E-state index in [1.807, 2.05) is 0 Å². The van der Waals surface area contributed by atoms with Gasteiger partial charge in [0.25, 0.3) is 0 Å². The average Bonchev–Trinajstić information content (AvgIpc) is 3.28. The molecular weight excluding hydrogens is 361 g/mol. The number of hydrogen-bond donors (Lipinski definition) is 1. The van der Waals surface area contributed by atoms with E-state index in [1.54, 1.807) is 4.90 Å². The molecule has 0 spiro atoms. The molecule has 1 saturated carbocycles. The Kier molecular flexibility index (Phi) is 4.35. The van der Waals surface area contributed by atoms with E-state index >= 15 is 0 Å². The van der Waals surface area contributed by atoms with Crippen LogP contribution in [-0.4, -0.2) is 55.2 Å². The summed E-state index contributed by atoms with van der Waals surface area (Å²) in [7, 11) is -3.74. The summed E-state index contributed by atoms with van der Waals surface area (Å²) in [5.41, 5.74) is 5.19. The number of nitrogens with two attached hydrogens (primary N) is 1. The van der Waals surface area contributed by atoms with Crippen LogP contribution in [0.1, 0.15) is 12.8 Å². The molecule has 1 aromatic rings. The van der Waals surface area contributed by atoms with Crippen LogP contribution >= 0.6 is 23.2 Å². The molecule has 3 rings (SSSR count). The van der Waals surface area contributed by atoms with Crippen molar-refractivity contribution in [3.05, 3.63) is 28.2 Å². The SMILES string of the molecule is NC1(C(=O)N2CCN(S(=O)(=O)c3cc(Cl)ccc3Cl)CC2)CC1. The molecule has 2 aliphatic rings. The van der Waals surface area contributed by atoms with Crippen molar-refractivity contribution < 1.29 is 13.2 Å². The Morgan fingerprint density at radius 2 is 1.74 bits per heavy atom. The fourth-order valence-corrected chi connectivity index (χ4v) is 4.77. The molecule has 0 radical (unpaired) electrons. The Hall–Kier alpha value is -0.860. The predicted octanol–water partition coefficient (Wildman–Crippen LogP) is 1.32. The van der Waals surface area contributed by atoms with Crippen molar-refractivity contribution in [2.45, 2.75) is 23.3 Å². The molecule has 1 aromatic carbocycles. The van der Waals surface area contributed by atoms with E-state index in [1.165, 1.54) is 22.5 Å². The zero-order valence-electron chi connectivity index (χ0n) is 12.3. The first kappa shape index (κ1) is 17.0.